The normalized spacial score (nSPS) is 18.0. The minimum absolute atomic E-state index is 0.143. The molecule has 1 heterocycles. The fraction of sp³-hybridized carbons (Fsp3) is 0.273. The predicted molar refractivity (Wildman–Crippen MR) is 61.2 cm³/mol. The first kappa shape index (κ1) is 11.4. The van der Waals surface area contributed by atoms with Gasteiger partial charge in [-0.2, -0.15) is 0 Å². The second kappa shape index (κ2) is 4.42. The lowest BCUT2D eigenvalue weighted by molar-refractivity contribution is -0.128. The first-order valence-corrected chi connectivity index (χ1v) is 5.17. The molecule has 0 spiro atoms. The Labute approximate surface area is 98.3 Å². The zero-order valence-electron chi connectivity index (χ0n) is 9.34. The van der Waals surface area contributed by atoms with E-state index < -0.39 is 12.0 Å². The van der Waals surface area contributed by atoms with E-state index in [9.17, 15) is 9.59 Å². The maximum Gasteiger partial charge on any atom is 0.276 e. The van der Waals surface area contributed by atoms with E-state index in [-0.39, 0.29) is 12.5 Å². The molecule has 0 saturated heterocycles. The van der Waals surface area contributed by atoms with Crippen LogP contribution in [0.2, 0.25) is 0 Å². The average molecular weight is 235 g/mol. The highest BCUT2D eigenvalue weighted by Gasteiger charge is 2.31. The Balaban J connectivity index is 2.36. The summed E-state index contributed by atoms with van der Waals surface area (Å²) in [4.78, 5) is 24.5. The standard InChI is InChI=1S/C11H13N3O3/c1-7(15)14-6-10(11(16)13-12)17-9-5-3-2-4-8(9)14/h2-5,10H,6,12H2,1H3,(H,13,16). The molecule has 1 unspecified atom stereocenters. The lowest BCUT2D eigenvalue weighted by atomic mass is 10.2. The van der Waals surface area contributed by atoms with Crippen molar-refractivity contribution in [1.82, 2.24) is 5.43 Å². The number of hydrogen-bond acceptors (Lipinski definition) is 4. The molecular weight excluding hydrogens is 222 g/mol. The molecule has 1 aliphatic heterocycles. The van der Waals surface area contributed by atoms with E-state index in [1.165, 1.54) is 11.8 Å². The quantitative estimate of drug-likeness (QED) is 0.401. The number of ether oxygens (including phenoxy) is 1. The van der Waals surface area contributed by atoms with Crippen LogP contribution >= 0.6 is 0 Å². The van der Waals surface area contributed by atoms with Crippen LogP contribution in [0.1, 0.15) is 6.92 Å². The summed E-state index contributed by atoms with van der Waals surface area (Å²) in [6.07, 6.45) is -0.779. The van der Waals surface area contributed by atoms with Crippen molar-refractivity contribution in [1.29, 1.82) is 0 Å². The third-order valence-electron chi connectivity index (χ3n) is 2.59. The molecule has 90 valence electrons. The number of carbonyl (C=O) groups excluding carboxylic acids is 2. The van der Waals surface area contributed by atoms with Crippen LogP contribution in [0.4, 0.5) is 5.69 Å². The van der Waals surface area contributed by atoms with Gasteiger partial charge in [-0.05, 0) is 12.1 Å². The lowest BCUT2D eigenvalue weighted by Crippen LogP contribution is -2.51. The molecular formula is C11H13N3O3. The van der Waals surface area contributed by atoms with Crippen LogP contribution in [-0.4, -0.2) is 24.5 Å². The van der Waals surface area contributed by atoms with Crippen molar-refractivity contribution in [2.24, 2.45) is 5.84 Å². The van der Waals surface area contributed by atoms with Gasteiger partial charge in [-0.1, -0.05) is 12.1 Å². The van der Waals surface area contributed by atoms with Crippen molar-refractivity contribution in [3.05, 3.63) is 24.3 Å². The number of hydrogen-bond donors (Lipinski definition) is 2. The van der Waals surface area contributed by atoms with Crippen molar-refractivity contribution < 1.29 is 14.3 Å². The summed E-state index contributed by atoms with van der Waals surface area (Å²) in [5.74, 6) is 4.97. The van der Waals surface area contributed by atoms with Gasteiger partial charge >= 0.3 is 0 Å². The van der Waals surface area contributed by atoms with Gasteiger partial charge in [0.1, 0.15) is 5.75 Å². The van der Waals surface area contributed by atoms with Crippen LogP contribution in [0.5, 0.6) is 5.75 Å². The van der Waals surface area contributed by atoms with E-state index in [1.807, 2.05) is 11.5 Å². The second-order valence-electron chi connectivity index (χ2n) is 3.71. The number of nitrogens with two attached hydrogens (primary N) is 1. The zero-order valence-corrected chi connectivity index (χ0v) is 9.34. The summed E-state index contributed by atoms with van der Waals surface area (Å²) in [5.41, 5.74) is 2.69. The topological polar surface area (TPSA) is 84.7 Å². The van der Waals surface area contributed by atoms with Crippen molar-refractivity contribution in [3.63, 3.8) is 0 Å². The van der Waals surface area contributed by atoms with Gasteiger partial charge in [0, 0.05) is 6.92 Å². The van der Waals surface area contributed by atoms with Crippen molar-refractivity contribution in [3.8, 4) is 5.75 Å². The van der Waals surface area contributed by atoms with Gasteiger partial charge in [-0.15, -0.1) is 0 Å². The lowest BCUT2D eigenvalue weighted by Gasteiger charge is -2.33. The number of carbonyl (C=O) groups is 2. The summed E-state index contributed by atoms with van der Waals surface area (Å²) in [7, 11) is 0. The van der Waals surface area contributed by atoms with Crippen molar-refractivity contribution >= 4 is 17.5 Å². The zero-order chi connectivity index (χ0) is 12.4. The van der Waals surface area contributed by atoms with E-state index in [0.29, 0.717) is 11.4 Å². The van der Waals surface area contributed by atoms with Gasteiger partial charge in [0.05, 0.1) is 12.2 Å². The summed E-state index contributed by atoms with van der Waals surface area (Å²) in [5, 5.41) is 0. The van der Waals surface area contributed by atoms with Crippen LogP contribution in [-0.2, 0) is 9.59 Å². The molecule has 0 aliphatic carbocycles. The highest BCUT2D eigenvalue weighted by molar-refractivity contribution is 5.95. The van der Waals surface area contributed by atoms with Crippen LogP contribution in [0.25, 0.3) is 0 Å². The maximum absolute atomic E-state index is 11.5. The SMILES string of the molecule is CC(=O)N1CC(C(=O)NN)Oc2ccccc21. The van der Waals surface area contributed by atoms with E-state index in [1.54, 1.807) is 18.2 Å². The Morgan fingerprint density at radius 3 is 2.82 bits per heavy atom. The summed E-state index contributed by atoms with van der Waals surface area (Å²) >= 11 is 0. The van der Waals surface area contributed by atoms with Crippen LogP contribution in [0.15, 0.2) is 24.3 Å². The number of fused-ring (bicyclic) bond motifs is 1. The molecule has 1 atom stereocenters. The molecule has 1 aromatic rings. The molecule has 2 rings (SSSR count). The summed E-state index contributed by atoms with van der Waals surface area (Å²) in [6.45, 7) is 1.61. The molecule has 6 heteroatoms. The first-order valence-electron chi connectivity index (χ1n) is 5.17. The highest BCUT2D eigenvalue weighted by Crippen LogP contribution is 2.32. The summed E-state index contributed by atoms with van der Waals surface area (Å²) in [6, 6.07) is 7.07. The van der Waals surface area contributed by atoms with E-state index in [2.05, 4.69) is 0 Å². The number of para-hydroxylation sites is 2. The third kappa shape index (κ3) is 2.07. The van der Waals surface area contributed by atoms with E-state index in [4.69, 9.17) is 10.6 Å². The van der Waals surface area contributed by atoms with Crippen LogP contribution < -0.4 is 20.9 Å². The Bertz CT molecular complexity index is 461. The smallest absolute Gasteiger partial charge is 0.276 e. The first-order chi connectivity index (χ1) is 8.13. The minimum Gasteiger partial charge on any atom is -0.476 e. The largest absolute Gasteiger partial charge is 0.476 e. The Morgan fingerprint density at radius 2 is 2.18 bits per heavy atom. The molecule has 1 aliphatic rings. The van der Waals surface area contributed by atoms with E-state index in [0.717, 1.165) is 0 Å². The average Bonchev–Trinajstić information content (AvgIpc) is 2.36. The predicted octanol–water partition coefficient (Wildman–Crippen LogP) is -0.210. The Morgan fingerprint density at radius 1 is 1.47 bits per heavy atom. The van der Waals surface area contributed by atoms with Gasteiger partial charge in [0.2, 0.25) is 5.91 Å². The van der Waals surface area contributed by atoms with Crippen LogP contribution in [0.3, 0.4) is 0 Å². The number of hydrazine groups is 1. The molecule has 17 heavy (non-hydrogen) atoms. The highest BCUT2D eigenvalue weighted by atomic mass is 16.5. The molecule has 2 amide bonds. The monoisotopic (exact) mass is 235 g/mol. The molecule has 0 saturated carbocycles. The molecule has 1 aromatic carbocycles. The number of benzene rings is 1. The fourth-order valence-corrected chi connectivity index (χ4v) is 1.76. The summed E-state index contributed by atoms with van der Waals surface area (Å²) < 4.78 is 5.48. The van der Waals surface area contributed by atoms with Gasteiger partial charge in [0.15, 0.2) is 6.10 Å². The number of anilines is 1. The molecule has 3 N–H and O–H groups in total. The molecule has 0 aromatic heterocycles. The van der Waals surface area contributed by atoms with E-state index >= 15 is 0 Å². The second-order valence-corrected chi connectivity index (χ2v) is 3.71. The molecule has 0 fully saturated rings. The van der Waals surface area contributed by atoms with Gasteiger partial charge in [-0.25, -0.2) is 5.84 Å². The number of amides is 2. The number of nitrogens with one attached hydrogen (secondary N) is 1. The van der Waals surface area contributed by atoms with Gasteiger partial charge < -0.3 is 9.64 Å². The fourth-order valence-electron chi connectivity index (χ4n) is 1.76. The molecule has 0 bridgehead atoms. The minimum atomic E-state index is -0.779. The Hall–Kier alpha value is -2.08. The number of nitrogens with zero attached hydrogens (tertiary/aromatic N) is 1. The third-order valence-corrected chi connectivity index (χ3v) is 2.59. The van der Waals surface area contributed by atoms with Gasteiger partial charge in [-0.3, -0.25) is 15.0 Å². The maximum atomic E-state index is 11.5. The van der Waals surface area contributed by atoms with Gasteiger partial charge in [0.25, 0.3) is 5.91 Å². The molecule has 0 radical (unpaired) electrons. The van der Waals surface area contributed by atoms with Crippen LogP contribution in [0, 0.1) is 0 Å². The number of rotatable bonds is 1. The van der Waals surface area contributed by atoms with Crippen molar-refractivity contribution in [2.45, 2.75) is 13.0 Å². The molecule has 6 nitrogen and oxygen atoms in total. The Kier molecular flexibility index (Phi) is 2.97. The van der Waals surface area contributed by atoms with Crippen molar-refractivity contribution in [2.75, 3.05) is 11.4 Å².